The van der Waals surface area contributed by atoms with Gasteiger partial charge >= 0.3 is 0 Å². The Morgan fingerprint density at radius 2 is 1.85 bits per heavy atom. The number of Topliss-reactive ketones (excluding diaryl/α,β-unsaturated/α-hetero) is 1. The molecule has 0 radical (unpaired) electrons. The van der Waals surface area contributed by atoms with Gasteiger partial charge in [0, 0.05) is 42.0 Å². The van der Waals surface area contributed by atoms with Crippen LogP contribution in [0.1, 0.15) is 58.1 Å². The molecule has 3 aromatic rings. The summed E-state index contributed by atoms with van der Waals surface area (Å²) < 4.78 is 0. The van der Waals surface area contributed by atoms with Crippen LogP contribution in [-0.4, -0.2) is 56.0 Å². The highest BCUT2D eigenvalue weighted by Gasteiger charge is 2.23. The van der Waals surface area contributed by atoms with Crippen LogP contribution in [0.2, 0.25) is 0 Å². The SMILES string of the molecule is CC(C)N1CCC(Nc2cncc(-c3ccc4nnc(CC(=O)C5CCCC5)cc4c3)n2)CC1. The fourth-order valence-corrected chi connectivity index (χ4v) is 5.25. The standard InChI is InChI=1S/C27H34N6O/c1-18(2)33-11-9-22(10-12-33)29-27-17-28-16-25(30-27)20-7-8-24-21(13-20)14-23(31-32-24)15-26(34)19-5-3-4-6-19/h7-8,13-14,16-19,22H,3-6,9-12,15H2,1-2H3,(H,29,30). The van der Waals surface area contributed by atoms with E-state index in [0.717, 1.165) is 85.3 Å². The van der Waals surface area contributed by atoms with Gasteiger partial charge in [-0.3, -0.25) is 9.78 Å². The number of piperidine rings is 1. The highest BCUT2D eigenvalue weighted by Crippen LogP contribution is 2.27. The van der Waals surface area contributed by atoms with Gasteiger partial charge in [-0.15, -0.1) is 0 Å². The lowest BCUT2D eigenvalue weighted by Crippen LogP contribution is -2.42. The van der Waals surface area contributed by atoms with Crippen molar-refractivity contribution in [2.24, 2.45) is 5.92 Å². The third kappa shape index (κ3) is 5.25. The van der Waals surface area contributed by atoms with Gasteiger partial charge in [-0.05, 0) is 57.7 Å². The zero-order chi connectivity index (χ0) is 23.5. The summed E-state index contributed by atoms with van der Waals surface area (Å²) in [5.41, 5.74) is 3.38. The van der Waals surface area contributed by atoms with E-state index in [2.05, 4.69) is 45.3 Å². The van der Waals surface area contributed by atoms with E-state index in [-0.39, 0.29) is 5.92 Å². The van der Waals surface area contributed by atoms with Crippen molar-refractivity contribution in [2.45, 2.75) is 70.9 Å². The minimum Gasteiger partial charge on any atom is -0.366 e. The second-order valence-corrected chi connectivity index (χ2v) is 10.1. The molecular weight excluding hydrogens is 424 g/mol. The van der Waals surface area contributed by atoms with E-state index in [4.69, 9.17) is 4.98 Å². The second kappa shape index (κ2) is 10.1. The van der Waals surface area contributed by atoms with Crippen molar-refractivity contribution in [3.8, 4) is 11.3 Å². The van der Waals surface area contributed by atoms with Gasteiger partial charge in [-0.25, -0.2) is 4.98 Å². The van der Waals surface area contributed by atoms with E-state index in [0.29, 0.717) is 24.3 Å². The lowest BCUT2D eigenvalue weighted by molar-refractivity contribution is -0.122. The fourth-order valence-electron chi connectivity index (χ4n) is 5.25. The zero-order valence-electron chi connectivity index (χ0n) is 20.2. The van der Waals surface area contributed by atoms with Gasteiger partial charge in [0.15, 0.2) is 0 Å². The van der Waals surface area contributed by atoms with Crippen LogP contribution >= 0.6 is 0 Å². The molecule has 1 saturated carbocycles. The molecule has 2 aliphatic rings. The quantitative estimate of drug-likeness (QED) is 0.551. The van der Waals surface area contributed by atoms with E-state index in [9.17, 15) is 4.79 Å². The Bertz CT molecular complexity index is 1150. The smallest absolute Gasteiger partial charge is 0.145 e. The first-order chi connectivity index (χ1) is 16.5. The molecule has 3 heterocycles. The molecule has 7 nitrogen and oxygen atoms in total. The second-order valence-electron chi connectivity index (χ2n) is 10.1. The van der Waals surface area contributed by atoms with Crippen molar-refractivity contribution in [2.75, 3.05) is 18.4 Å². The Kier molecular flexibility index (Phi) is 6.81. The summed E-state index contributed by atoms with van der Waals surface area (Å²) in [6, 6.07) is 9.06. The molecule has 1 saturated heterocycles. The molecule has 0 unspecified atom stereocenters. The lowest BCUT2D eigenvalue weighted by Gasteiger charge is -2.35. The number of hydrogen-bond acceptors (Lipinski definition) is 7. The van der Waals surface area contributed by atoms with Crippen molar-refractivity contribution in [1.29, 1.82) is 0 Å². The van der Waals surface area contributed by atoms with E-state index < -0.39 is 0 Å². The molecule has 0 bridgehead atoms. The van der Waals surface area contributed by atoms with E-state index >= 15 is 0 Å². The molecule has 5 rings (SSSR count). The molecule has 1 aromatic carbocycles. The number of nitrogens with zero attached hydrogens (tertiary/aromatic N) is 5. The van der Waals surface area contributed by atoms with Crippen LogP contribution in [0.3, 0.4) is 0 Å². The van der Waals surface area contributed by atoms with Crippen LogP contribution in [0.15, 0.2) is 36.7 Å². The van der Waals surface area contributed by atoms with Gasteiger partial charge in [-0.2, -0.15) is 10.2 Å². The van der Waals surface area contributed by atoms with Crippen molar-refractivity contribution < 1.29 is 4.79 Å². The summed E-state index contributed by atoms with van der Waals surface area (Å²) in [6.07, 6.45) is 10.6. The van der Waals surface area contributed by atoms with Crippen molar-refractivity contribution in [3.63, 3.8) is 0 Å². The molecule has 0 atom stereocenters. The Morgan fingerprint density at radius 3 is 2.62 bits per heavy atom. The number of nitrogens with one attached hydrogen (secondary N) is 1. The molecular formula is C27H34N6O. The van der Waals surface area contributed by atoms with Crippen LogP contribution < -0.4 is 5.32 Å². The molecule has 1 aliphatic heterocycles. The summed E-state index contributed by atoms with van der Waals surface area (Å²) in [5.74, 6) is 1.31. The lowest BCUT2D eigenvalue weighted by atomic mass is 9.98. The van der Waals surface area contributed by atoms with Gasteiger partial charge in [0.05, 0.1) is 35.7 Å². The highest BCUT2D eigenvalue weighted by atomic mass is 16.1. The topological polar surface area (TPSA) is 83.9 Å². The molecule has 2 fully saturated rings. The number of ketones is 1. The van der Waals surface area contributed by atoms with Gasteiger partial charge in [0.25, 0.3) is 0 Å². The van der Waals surface area contributed by atoms with Crippen LogP contribution in [0.25, 0.3) is 22.2 Å². The molecule has 1 aliphatic carbocycles. The number of rotatable bonds is 7. The van der Waals surface area contributed by atoms with Crippen molar-refractivity contribution in [1.82, 2.24) is 25.1 Å². The molecule has 34 heavy (non-hydrogen) atoms. The van der Waals surface area contributed by atoms with Crippen LogP contribution in [0, 0.1) is 5.92 Å². The Balaban J connectivity index is 1.30. The molecule has 0 amide bonds. The maximum Gasteiger partial charge on any atom is 0.145 e. The first kappa shape index (κ1) is 22.8. The van der Waals surface area contributed by atoms with Crippen molar-refractivity contribution in [3.05, 3.63) is 42.4 Å². The number of likely N-dealkylation sites (tertiary alicyclic amines) is 1. The number of fused-ring (bicyclic) bond motifs is 1. The van der Waals surface area contributed by atoms with Gasteiger partial charge in [0.2, 0.25) is 0 Å². The third-order valence-corrected chi connectivity index (χ3v) is 7.34. The number of benzene rings is 1. The predicted molar refractivity (Wildman–Crippen MR) is 135 cm³/mol. The average molecular weight is 459 g/mol. The number of carbonyl (C=O) groups is 1. The Labute approximate surface area is 201 Å². The number of hydrogen-bond donors (Lipinski definition) is 1. The average Bonchev–Trinajstić information content (AvgIpc) is 3.39. The molecule has 2 aromatic heterocycles. The fraction of sp³-hybridized carbons (Fsp3) is 0.519. The maximum atomic E-state index is 12.6. The summed E-state index contributed by atoms with van der Waals surface area (Å²) in [5, 5.41) is 13.2. The summed E-state index contributed by atoms with van der Waals surface area (Å²) in [7, 11) is 0. The number of carbonyl (C=O) groups excluding carboxylic acids is 1. The minimum absolute atomic E-state index is 0.201. The first-order valence-corrected chi connectivity index (χ1v) is 12.7. The largest absolute Gasteiger partial charge is 0.366 e. The van der Waals surface area contributed by atoms with Gasteiger partial charge < -0.3 is 10.2 Å². The highest BCUT2D eigenvalue weighted by molar-refractivity contribution is 5.86. The Morgan fingerprint density at radius 1 is 1.06 bits per heavy atom. The van der Waals surface area contributed by atoms with Crippen LogP contribution in [0.5, 0.6) is 0 Å². The van der Waals surface area contributed by atoms with Gasteiger partial charge in [0.1, 0.15) is 11.6 Å². The monoisotopic (exact) mass is 458 g/mol. The van der Waals surface area contributed by atoms with Crippen LogP contribution in [-0.2, 0) is 11.2 Å². The number of aromatic nitrogens is 4. The third-order valence-electron chi connectivity index (χ3n) is 7.34. The maximum absolute atomic E-state index is 12.6. The normalized spacial score (nSPS) is 18.1. The summed E-state index contributed by atoms with van der Waals surface area (Å²) in [4.78, 5) is 24.4. The first-order valence-electron chi connectivity index (χ1n) is 12.7. The summed E-state index contributed by atoms with van der Waals surface area (Å²) in [6.45, 7) is 6.74. The van der Waals surface area contributed by atoms with E-state index in [1.54, 1.807) is 12.4 Å². The van der Waals surface area contributed by atoms with Crippen LogP contribution in [0.4, 0.5) is 5.82 Å². The van der Waals surface area contributed by atoms with Crippen molar-refractivity contribution >= 4 is 22.5 Å². The predicted octanol–water partition coefficient (Wildman–Crippen LogP) is 4.67. The van der Waals surface area contributed by atoms with E-state index in [1.807, 2.05) is 18.2 Å². The number of anilines is 1. The minimum atomic E-state index is 0.201. The zero-order valence-corrected chi connectivity index (χ0v) is 20.2. The van der Waals surface area contributed by atoms with E-state index in [1.165, 1.54) is 0 Å². The summed E-state index contributed by atoms with van der Waals surface area (Å²) >= 11 is 0. The van der Waals surface area contributed by atoms with Gasteiger partial charge in [-0.1, -0.05) is 18.9 Å². The molecule has 1 N–H and O–H groups in total. The molecule has 7 heteroatoms. The molecule has 178 valence electrons. The molecule has 0 spiro atoms. The Hall–Kier alpha value is -2.93.